The van der Waals surface area contributed by atoms with E-state index in [-0.39, 0.29) is 5.56 Å². The van der Waals surface area contributed by atoms with Crippen molar-refractivity contribution in [3.8, 4) is 0 Å². The number of nitrogens with one attached hydrogen (secondary N) is 1. The lowest BCUT2D eigenvalue weighted by atomic mass is 9.92. The summed E-state index contributed by atoms with van der Waals surface area (Å²) in [7, 11) is 5.71. The monoisotopic (exact) mass is 169 g/mol. The van der Waals surface area contributed by atoms with Gasteiger partial charge in [-0.15, -0.1) is 0 Å². The molecule has 0 aliphatic carbocycles. The van der Waals surface area contributed by atoms with Crippen LogP contribution >= 0.6 is 0 Å². The molecular weight excluding hydrogens is 161 g/mol. The van der Waals surface area contributed by atoms with Gasteiger partial charge in [0.05, 0.1) is 0 Å². The molecule has 1 aromatic heterocycles. The highest BCUT2D eigenvalue weighted by Gasteiger charge is 2.00. The Morgan fingerprint density at radius 1 is 1.31 bits per heavy atom. The molecule has 0 aliphatic heterocycles. The van der Waals surface area contributed by atoms with Crippen molar-refractivity contribution in [3.63, 3.8) is 0 Å². The van der Waals surface area contributed by atoms with Gasteiger partial charge in [0.2, 0.25) is 0 Å². The Morgan fingerprint density at radius 2 is 2.08 bits per heavy atom. The highest BCUT2D eigenvalue weighted by Crippen LogP contribution is 2.08. The fourth-order valence-electron chi connectivity index (χ4n) is 1.40. The maximum atomic E-state index is 11.4. The molecule has 0 atom stereocenters. The van der Waals surface area contributed by atoms with Gasteiger partial charge in [-0.05, 0) is 24.6 Å². The fourth-order valence-corrected chi connectivity index (χ4v) is 1.40. The maximum Gasteiger partial charge on any atom is 0.255 e. The molecule has 3 heteroatoms. The van der Waals surface area contributed by atoms with Crippen LogP contribution in [0, 0.1) is 6.92 Å². The smallest absolute Gasteiger partial charge is 0.255 e. The summed E-state index contributed by atoms with van der Waals surface area (Å²) in [6.07, 6.45) is 1.53. The Balaban J connectivity index is 3.01. The molecule has 0 unspecified atom stereocenters. The third-order valence-electron chi connectivity index (χ3n) is 2.09. The molecular formula is C10H8BNO. The Kier molecular flexibility index (Phi) is 1.73. The van der Waals surface area contributed by atoms with E-state index < -0.39 is 0 Å². The lowest BCUT2D eigenvalue weighted by molar-refractivity contribution is 1.29. The van der Waals surface area contributed by atoms with Crippen LogP contribution in [0.2, 0.25) is 0 Å². The van der Waals surface area contributed by atoms with Gasteiger partial charge in [0.25, 0.3) is 5.56 Å². The number of aromatic nitrogens is 1. The van der Waals surface area contributed by atoms with Gasteiger partial charge in [-0.25, -0.2) is 0 Å². The van der Waals surface area contributed by atoms with Crippen molar-refractivity contribution in [2.75, 3.05) is 0 Å². The summed E-state index contributed by atoms with van der Waals surface area (Å²) in [6.45, 7) is 1.95. The topological polar surface area (TPSA) is 32.9 Å². The molecule has 2 nitrogen and oxygen atoms in total. The summed E-state index contributed by atoms with van der Waals surface area (Å²) in [6, 6.07) is 5.65. The lowest BCUT2D eigenvalue weighted by Gasteiger charge is -2.01. The van der Waals surface area contributed by atoms with Crippen LogP contribution in [0.25, 0.3) is 10.8 Å². The molecule has 0 fully saturated rings. The molecule has 13 heavy (non-hydrogen) atoms. The molecule has 62 valence electrons. The number of fused-ring (bicyclic) bond motifs is 1. The van der Waals surface area contributed by atoms with Crippen molar-refractivity contribution >= 4 is 24.1 Å². The second kappa shape index (κ2) is 2.77. The van der Waals surface area contributed by atoms with E-state index in [1.807, 2.05) is 25.1 Å². The fraction of sp³-hybridized carbons (Fsp3) is 0.100. The molecule has 2 rings (SSSR count). The highest BCUT2D eigenvalue weighted by atomic mass is 16.1. The van der Waals surface area contributed by atoms with Crippen LogP contribution in [0.5, 0.6) is 0 Å². The molecule has 0 aliphatic rings. The molecule has 0 saturated carbocycles. The van der Waals surface area contributed by atoms with Gasteiger partial charge in [0.1, 0.15) is 7.85 Å². The molecule has 0 bridgehead atoms. The third-order valence-corrected chi connectivity index (χ3v) is 2.09. The Bertz CT molecular complexity index is 516. The molecule has 1 N–H and O–H groups in total. The summed E-state index contributed by atoms with van der Waals surface area (Å²) in [5.41, 5.74) is 1.58. The zero-order chi connectivity index (χ0) is 9.42. The van der Waals surface area contributed by atoms with Gasteiger partial charge in [-0.3, -0.25) is 4.79 Å². The van der Waals surface area contributed by atoms with E-state index in [0.29, 0.717) is 10.8 Å². The minimum Gasteiger partial charge on any atom is -0.329 e. The van der Waals surface area contributed by atoms with E-state index in [1.165, 1.54) is 6.20 Å². The first-order chi connectivity index (χ1) is 6.18. The number of pyridine rings is 1. The van der Waals surface area contributed by atoms with Crippen molar-refractivity contribution in [1.82, 2.24) is 4.98 Å². The predicted octanol–water partition coefficient (Wildman–Crippen LogP) is 0.630. The van der Waals surface area contributed by atoms with Gasteiger partial charge in [-0.2, -0.15) is 0 Å². The number of aromatic amines is 1. The maximum absolute atomic E-state index is 11.4. The van der Waals surface area contributed by atoms with E-state index >= 15 is 0 Å². The summed E-state index contributed by atoms with van der Waals surface area (Å²) >= 11 is 0. The normalized spacial score (nSPS) is 10.5. The minimum atomic E-state index is -0.0899. The molecule has 2 radical (unpaired) electrons. The molecule has 1 heterocycles. The number of aryl methyl sites for hydroxylation is 1. The van der Waals surface area contributed by atoms with Gasteiger partial charge in [-0.1, -0.05) is 23.2 Å². The predicted molar refractivity (Wildman–Crippen MR) is 54.7 cm³/mol. The quantitative estimate of drug-likeness (QED) is 0.576. The SMILES string of the molecule is [B]c1c[nH]c(=O)c2cc(C)ccc12. The van der Waals surface area contributed by atoms with Crippen molar-refractivity contribution in [3.05, 3.63) is 40.3 Å². The molecule has 0 amide bonds. The number of hydrogen-bond donors (Lipinski definition) is 1. The van der Waals surface area contributed by atoms with E-state index in [2.05, 4.69) is 4.98 Å². The summed E-state index contributed by atoms with van der Waals surface area (Å²) < 4.78 is 0. The second-order valence-corrected chi connectivity index (χ2v) is 3.12. The van der Waals surface area contributed by atoms with Crippen LogP contribution in [0.15, 0.2) is 29.2 Å². The van der Waals surface area contributed by atoms with Crippen LogP contribution in [0.1, 0.15) is 5.56 Å². The van der Waals surface area contributed by atoms with Crippen LogP contribution in [-0.2, 0) is 0 Å². The molecule has 1 aromatic carbocycles. The van der Waals surface area contributed by atoms with Gasteiger partial charge in [0.15, 0.2) is 0 Å². The third kappa shape index (κ3) is 1.26. The molecule has 0 saturated heterocycles. The van der Waals surface area contributed by atoms with E-state index in [0.717, 1.165) is 10.9 Å². The van der Waals surface area contributed by atoms with E-state index in [1.54, 1.807) is 0 Å². The van der Waals surface area contributed by atoms with E-state index in [4.69, 9.17) is 7.85 Å². The largest absolute Gasteiger partial charge is 0.329 e. The lowest BCUT2D eigenvalue weighted by Crippen LogP contribution is -2.15. The first kappa shape index (κ1) is 8.11. The van der Waals surface area contributed by atoms with Crippen molar-refractivity contribution in [2.24, 2.45) is 0 Å². The average molecular weight is 169 g/mol. The standard InChI is InChI=1S/C10H8BNO/c1-6-2-3-7-8(4-6)10(13)12-5-9(7)11/h2-5H,1H3,(H,12,13). The van der Waals surface area contributed by atoms with Gasteiger partial charge >= 0.3 is 0 Å². The number of benzene rings is 1. The zero-order valence-electron chi connectivity index (χ0n) is 7.29. The number of rotatable bonds is 0. The Labute approximate surface area is 77.0 Å². The minimum absolute atomic E-state index is 0.0899. The average Bonchev–Trinajstić information content (AvgIpc) is 2.12. The van der Waals surface area contributed by atoms with Crippen LogP contribution in [0.4, 0.5) is 0 Å². The van der Waals surface area contributed by atoms with Crippen molar-refractivity contribution < 1.29 is 0 Å². The van der Waals surface area contributed by atoms with Crippen LogP contribution in [0.3, 0.4) is 0 Å². The Hall–Kier alpha value is -1.51. The van der Waals surface area contributed by atoms with Crippen LogP contribution < -0.4 is 11.0 Å². The first-order valence-electron chi connectivity index (χ1n) is 4.06. The van der Waals surface area contributed by atoms with Crippen molar-refractivity contribution in [1.29, 1.82) is 0 Å². The Morgan fingerprint density at radius 3 is 2.85 bits per heavy atom. The van der Waals surface area contributed by atoms with E-state index in [9.17, 15) is 4.79 Å². The second-order valence-electron chi connectivity index (χ2n) is 3.12. The van der Waals surface area contributed by atoms with Gasteiger partial charge < -0.3 is 4.98 Å². The van der Waals surface area contributed by atoms with Crippen molar-refractivity contribution in [2.45, 2.75) is 6.92 Å². The summed E-state index contributed by atoms with van der Waals surface area (Å²) in [5.74, 6) is 0. The molecule has 2 aromatic rings. The number of H-pyrrole nitrogens is 1. The zero-order valence-corrected chi connectivity index (χ0v) is 7.29. The molecule has 0 spiro atoms. The summed E-state index contributed by atoms with van der Waals surface area (Å²) in [5, 5.41) is 1.47. The first-order valence-corrected chi connectivity index (χ1v) is 4.06. The highest BCUT2D eigenvalue weighted by molar-refractivity contribution is 6.38. The van der Waals surface area contributed by atoms with Gasteiger partial charge in [0, 0.05) is 5.39 Å². The van der Waals surface area contributed by atoms with Crippen LogP contribution in [-0.4, -0.2) is 12.8 Å². The summed E-state index contributed by atoms with van der Waals surface area (Å²) in [4.78, 5) is 14.0. The number of hydrogen-bond acceptors (Lipinski definition) is 1.